The maximum atomic E-state index is 6.31. The van der Waals surface area contributed by atoms with Crippen LogP contribution in [0.15, 0.2) is 17.1 Å². The number of piperidine rings is 1. The number of hydrogen-bond acceptors (Lipinski definition) is 4. The number of hydrogen-bond donors (Lipinski definition) is 2. The van der Waals surface area contributed by atoms with Gasteiger partial charge < -0.3 is 25.0 Å². The molecule has 26 heavy (non-hydrogen) atoms. The summed E-state index contributed by atoms with van der Waals surface area (Å²) in [4.78, 5) is 6.87. The Kier molecular flexibility index (Phi) is 6.48. The molecule has 7 heteroatoms. The molecule has 6 nitrogen and oxygen atoms in total. The third-order valence-corrected chi connectivity index (χ3v) is 5.22. The van der Waals surface area contributed by atoms with Crippen LogP contribution in [0.5, 0.6) is 11.5 Å². The van der Waals surface area contributed by atoms with E-state index in [0.717, 1.165) is 37.5 Å². The third-order valence-electron chi connectivity index (χ3n) is 4.94. The molecule has 144 valence electrons. The van der Waals surface area contributed by atoms with Crippen molar-refractivity contribution in [3.8, 4) is 11.5 Å². The fourth-order valence-electron chi connectivity index (χ4n) is 3.40. The van der Waals surface area contributed by atoms with Gasteiger partial charge in [-0.25, -0.2) is 0 Å². The SMILES string of the molecule is CN=C(NCc1cc(Cl)c2c(c1)OCCO2)NC1CCN(C(C)C)CC1. The number of aliphatic imine (C=N–C) groups is 1. The molecule has 0 unspecified atom stereocenters. The van der Waals surface area contributed by atoms with E-state index >= 15 is 0 Å². The average molecular weight is 381 g/mol. The van der Waals surface area contributed by atoms with Crippen molar-refractivity contribution >= 4 is 17.6 Å². The van der Waals surface area contributed by atoms with Gasteiger partial charge in [-0.15, -0.1) is 0 Å². The van der Waals surface area contributed by atoms with Gasteiger partial charge in [-0.1, -0.05) is 11.6 Å². The van der Waals surface area contributed by atoms with Crippen LogP contribution in [0.25, 0.3) is 0 Å². The van der Waals surface area contributed by atoms with Crippen LogP contribution in [-0.4, -0.2) is 56.3 Å². The van der Waals surface area contributed by atoms with Crippen molar-refractivity contribution in [2.24, 2.45) is 4.99 Å². The Morgan fingerprint density at radius 1 is 1.27 bits per heavy atom. The second kappa shape index (κ2) is 8.82. The Balaban J connectivity index is 1.53. The van der Waals surface area contributed by atoms with E-state index in [1.54, 1.807) is 7.05 Å². The number of guanidine groups is 1. The highest BCUT2D eigenvalue weighted by atomic mass is 35.5. The minimum Gasteiger partial charge on any atom is -0.486 e. The smallest absolute Gasteiger partial charge is 0.191 e. The zero-order valence-electron chi connectivity index (χ0n) is 15.8. The summed E-state index contributed by atoms with van der Waals surface area (Å²) in [6.07, 6.45) is 2.27. The van der Waals surface area contributed by atoms with Crippen LogP contribution in [-0.2, 0) is 6.54 Å². The van der Waals surface area contributed by atoms with E-state index in [1.807, 2.05) is 12.1 Å². The van der Waals surface area contributed by atoms with E-state index in [4.69, 9.17) is 21.1 Å². The maximum Gasteiger partial charge on any atom is 0.191 e. The van der Waals surface area contributed by atoms with Gasteiger partial charge in [-0.2, -0.15) is 0 Å². The van der Waals surface area contributed by atoms with Crippen molar-refractivity contribution in [1.82, 2.24) is 15.5 Å². The van der Waals surface area contributed by atoms with Gasteiger partial charge in [-0.05, 0) is 44.4 Å². The van der Waals surface area contributed by atoms with Crippen LogP contribution >= 0.6 is 11.6 Å². The summed E-state index contributed by atoms with van der Waals surface area (Å²) in [5.41, 5.74) is 1.04. The molecule has 1 saturated heterocycles. The molecule has 0 saturated carbocycles. The average Bonchev–Trinajstić information content (AvgIpc) is 2.65. The molecule has 2 N–H and O–H groups in total. The molecule has 1 fully saturated rings. The van der Waals surface area contributed by atoms with Gasteiger partial charge >= 0.3 is 0 Å². The molecule has 1 aromatic rings. The van der Waals surface area contributed by atoms with Crippen molar-refractivity contribution in [3.05, 3.63) is 22.7 Å². The van der Waals surface area contributed by atoms with Crippen LogP contribution in [0.2, 0.25) is 5.02 Å². The summed E-state index contributed by atoms with van der Waals surface area (Å²) < 4.78 is 11.2. The number of nitrogens with one attached hydrogen (secondary N) is 2. The van der Waals surface area contributed by atoms with Gasteiger partial charge in [-0.3, -0.25) is 4.99 Å². The molecular formula is C19H29ClN4O2. The van der Waals surface area contributed by atoms with Crippen molar-refractivity contribution in [1.29, 1.82) is 0 Å². The number of likely N-dealkylation sites (tertiary alicyclic amines) is 1. The molecule has 2 aliphatic heterocycles. The van der Waals surface area contributed by atoms with Crippen LogP contribution < -0.4 is 20.1 Å². The van der Waals surface area contributed by atoms with Crippen LogP contribution in [0.3, 0.4) is 0 Å². The van der Waals surface area contributed by atoms with E-state index in [2.05, 4.69) is 34.4 Å². The maximum absolute atomic E-state index is 6.31. The lowest BCUT2D eigenvalue weighted by Crippen LogP contribution is -2.49. The van der Waals surface area contributed by atoms with Crippen molar-refractivity contribution in [2.75, 3.05) is 33.4 Å². The Morgan fingerprint density at radius 3 is 2.69 bits per heavy atom. The highest BCUT2D eigenvalue weighted by molar-refractivity contribution is 6.32. The molecule has 0 spiro atoms. The molecule has 0 amide bonds. The van der Waals surface area contributed by atoms with Gasteiger partial charge in [0, 0.05) is 38.8 Å². The highest BCUT2D eigenvalue weighted by Crippen LogP contribution is 2.38. The first-order chi connectivity index (χ1) is 12.6. The Bertz CT molecular complexity index is 643. The van der Waals surface area contributed by atoms with Gasteiger partial charge in [0.1, 0.15) is 13.2 Å². The summed E-state index contributed by atoms with van der Waals surface area (Å²) in [6.45, 7) is 8.49. The number of rotatable bonds is 4. The normalized spacial score (nSPS) is 18.9. The standard InChI is InChI=1S/C19H29ClN4O2/c1-13(2)24-6-4-15(5-7-24)23-19(21-3)22-12-14-10-16(20)18-17(11-14)25-8-9-26-18/h10-11,13,15H,4-9,12H2,1-3H3,(H2,21,22,23). The molecular weight excluding hydrogens is 352 g/mol. The van der Waals surface area contributed by atoms with Crippen molar-refractivity contribution in [2.45, 2.75) is 45.3 Å². The number of fused-ring (bicyclic) bond motifs is 1. The summed E-state index contributed by atoms with van der Waals surface area (Å²) >= 11 is 6.31. The summed E-state index contributed by atoms with van der Waals surface area (Å²) in [5, 5.41) is 7.49. The Labute approximate surface area is 160 Å². The predicted molar refractivity (Wildman–Crippen MR) is 106 cm³/mol. The molecule has 0 radical (unpaired) electrons. The van der Waals surface area contributed by atoms with Gasteiger partial charge in [0.15, 0.2) is 17.5 Å². The van der Waals surface area contributed by atoms with Gasteiger partial charge in [0.2, 0.25) is 0 Å². The van der Waals surface area contributed by atoms with E-state index in [9.17, 15) is 0 Å². The lowest BCUT2D eigenvalue weighted by Gasteiger charge is -2.35. The number of halogens is 1. The monoisotopic (exact) mass is 380 g/mol. The van der Waals surface area contributed by atoms with Gasteiger partial charge in [0.05, 0.1) is 5.02 Å². The second-order valence-electron chi connectivity index (χ2n) is 7.08. The summed E-state index contributed by atoms with van der Waals surface area (Å²) in [7, 11) is 1.80. The molecule has 1 aromatic carbocycles. The zero-order chi connectivity index (χ0) is 18.5. The lowest BCUT2D eigenvalue weighted by molar-refractivity contribution is 0.167. The van der Waals surface area contributed by atoms with Crippen molar-refractivity contribution < 1.29 is 9.47 Å². The van der Waals surface area contributed by atoms with Gasteiger partial charge in [0.25, 0.3) is 0 Å². The lowest BCUT2D eigenvalue weighted by atomic mass is 10.0. The molecule has 0 bridgehead atoms. The van der Waals surface area contributed by atoms with E-state index in [-0.39, 0.29) is 0 Å². The van der Waals surface area contributed by atoms with Crippen molar-refractivity contribution in [3.63, 3.8) is 0 Å². The predicted octanol–water partition coefficient (Wildman–Crippen LogP) is 2.65. The minimum atomic E-state index is 0.458. The molecule has 0 atom stereocenters. The topological polar surface area (TPSA) is 58.1 Å². The first-order valence-electron chi connectivity index (χ1n) is 9.36. The number of benzene rings is 1. The molecule has 3 rings (SSSR count). The molecule has 2 heterocycles. The first-order valence-corrected chi connectivity index (χ1v) is 9.74. The zero-order valence-corrected chi connectivity index (χ0v) is 16.6. The van der Waals surface area contributed by atoms with Crippen LogP contribution in [0.1, 0.15) is 32.3 Å². The highest BCUT2D eigenvalue weighted by Gasteiger charge is 2.21. The number of nitrogens with zero attached hydrogens (tertiary/aromatic N) is 2. The summed E-state index contributed by atoms with van der Waals surface area (Å²) in [6, 6.07) is 4.96. The van der Waals surface area contributed by atoms with E-state index < -0.39 is 0 Å². The minimum absolute atomic E-state index is 0.458. The van der Waals surface area contributed by atoms with Crippen LogP contribution in [0, 0.1) is 0 Å². The molecule has 0 aliphatic carbocycles. The Hall–Kier alpha value is -1.66. The first kappa shape index (κ1) is 19.1. The quantitative estimate of drug-likeness (QED) is 0.621. The number of ether oxygens (including phenoxy) is 2. The second-order valence-corrected chi connectivity index (χ2v) is 7.48. The van der Waals surface area contributed by atoms with E-state index in [1.165, 1.54) is 0 Å². The largest absolute Gasteiger partial charge is 0.486 e. The van der Waals surface area contributed by atoms with E-state index in [0.29, 0.717) is 48.4 Å². The molecule has 2 aliphatic rings. The molecule has 0 aromatic heterocycles. The Morgan fingerprint density at radius 2 is 2.00 bits per heavy atom. The summed E-state index contributed by atoms with van der Waals surface area (Å²) in [5.74, 6) is 2.17. The fourth-order valence-corrected chi connectivity index (χ4v) is 3.69. The van der Waals surface area contributed by atoms with Crippen LogP contribution in [0.4, 0.5) is 0 Å². The third kappa shape index (κ3) is 4.74. The fraction of sp³-hybridized carbons (Fsp3) is 0.632.